The van der Waals surface area contributed by atoms with E-state index in [9.17, 15) is 14.0 Å². The molecular formula is C8H12FNO5. The first-order valence-corrected chi connectivity index (χ1v) is 4.30. The molecule has 86 valence electrons. The average molecular weight is 221 g/mol. The fourth-order valence-corrected chi connectivity index (χ4v) is 1.72. The van der Waals surface area contributed by atoms with Gasteiger partial charge >= 0.3 is 12.1 Å². The highest BCUT2D eigenvalue weighted by molar-refractivity contribution is 5.80. The van der Waals surface area contributed by atoms with E-state index in [1.54, 1.807) is 0 Å². The quantitative estimate of drug-likeness (QED) is 0.709. The van der Waals surface area contributed by atoms with E-state index in [2.05, 4.69) is 4.74 Å². The summed E-state index contributed by atoms with van der Waals surface area (Å²) >= 11 is 0. The summed E-state index contributed by atoms with van der Waals surface area (Å²) in [6.45, 7) is -0.770. The van der Waals surface area contributed by atoms with Gasteiger partial charge in [-0.2, -0.15) is 0 Å². The molecule has 1 fully saturated rings. The van der Waals surface area contributed by atoms with Gasteiger partial charge in [0.25, 0.3) is 0 Å². The summed E-state index contributed by atoms with van der Waals surface area (Å²) in [5, 5.41) is 17.4. The Labute approximate surface area is 85.2 Å². The normalized spacial score (nSPS) is 30.5. The molecule has 1 rings (SSSR count). The number of nitrogens with zero attached hydrogens (tertiary/aromatic N) is 1. The van der Waals surface area contributed by atoms with Gasteiger partial charge in [-0.1, -0.05) is 0 Å². The minimum absolute atomic E-state index is 0.305. The van der Waals surface area contributed by atoms with Crippen molar-refractivity contribution in [1.29, 1.82) is 0 Å². The molecule has 7 heteroatoms. The Balaban J connectivity index is 2.81. The molecule has 0 saturated carbocycles. The second kappa shape index (κ2) is 4.01. The molecule has 2 N–H and O–H groups in total. The van der Waals surface area contributed by atoms with Crippen molar-refractivity contribution in [3.05, 3.63) is 0 Å². The summed E-state index contributed by atoms with van der Waals surface area (Å²) in [6.07, 6.45) is -1.80. The number of methoxy groups -OCH3 is 1. The van der Waals surface area contributed by atoms with Gasteiger partial charge < -0.3 is 14.9 Å². The lowest BCUT2D eigenvalue weighted by atomic mass is 10.0. The smallest absolute Gasteiger partial charge is 0.408 e. The monoisotopic (exact) mass is 221 g/mol. The predicted molar refractivity (Wildman–Crippen MR) is 46.5 cm³/mol. The Morgan fingerprint density at radius 1 is 1.60 bits per heavy atom. The van der Waals surface area contributed by atoms with Gasteiger partial charge in [0.2, 0.25) is 0 Å². The molecule has 1 aliphatic rings. The molecule has 0 bridgehead atoms. The second-order valence-corrected chi connectivity index (χ2v) is 3.55. The highest BCUT2D eigenvalue weighted by Gasteiger charge is 2.49. The van der Waals surface area contributed by atoms with Crippen molar-refractivity contribution in [2.75, 3.05) is 20.3 Å². The van der Waals surface area contributed by atoms with Crippen LogP contribution in [-0.4, -0.2) is 59.1 Å². The summed E-state index contributed by atoms with van der Waals surface area (Å²) in [5.41, 5.74) is -1.91. The van der Waals surface area contributed by atoms with Crippen LogP contribution >= 0.6 is 0 Å². The van der Waals surface area contributed by atoms with E-state index in [0.717, 1.165) is 0 Å². The van der Waals surface area contributed by atoms with Crippen LogP contribution in [0, 0.1) is 0 Å². The van der Waals surface area contributed by atoms with Crippen LogP contribution in [-0.2, 0) is 9.53 Å². The van der Waals surface area contributed by atoms with Gasteiger partial charge in [0.15, 0.2) is 5.67 Å². The predicted octanol–water partition coefficient (Wildman–Crippen LogP) is 0.178. The molecule has 0 unspecified atom stereocenters. The average Bonchev–Trinajstić information content (AvgIpc) is 2.44. The maximum atomic E-state index is 13.8. The van der Waals surface area contributed by atoms with Gasteiger partial charge in [0, 0.05) is 13.5 Å². The highest BCUT2D eigenvalue weighted by Crippen LogP contribution is 2.31. The van der Waals surface area contributed by atoms with Gasteiger partial charge in [-0.3, -0.25) is 4.90 Å². The van der Waals surface area contributed by atoms with E-state index < -0.39 is 30.3 Å². The van der Waals surface area contributed by atoms with Crippen LogP contribution in [0.25, 0.3) is 0 Å². The van der Waals surface area contributed by atoms with Crippen molar-refractivity contribution in [2.24, 2.45) is 0 Å². The van der Waals surface area contributed by atoms with Gasteiger partial charge in [-0.25, -0.2) is 14.0 Å². The van der Waals surface area contributed by atoms with E-state index in [1.165, 1.54) is 7.11 Å². The largest absolute Gasteiger partial charge is 0.480 e. The van der Waals surface area contributed by atoms with Crippen molar-refractivity contribution in [2.45, 2.75) is 18.1 Å². The lowest BCUT2D eigenvalue weighted by Gasteiger charge is -2.18. The lowest BCUT2D eigenvalue weighted by molar-refractivity contribution is -0.141. The number of carbonyl (C=O) groups is 2. The number of carboxylic acids is 1. The van der Waals surface area contributed by atoms with Crippen LogP contribution in [0.2, 0.25) is 0 Å². The summed E-state index contributed by atoms with van der Waals surface area (Å²) in [4.78, 5) is 21.9. The minimum Gasteiger partial charge on any atom is -0.480 e. The number of ether oxygens (including phenoxy) is 1. The fraction of sp³-hybridized carbons (Fsp3) is 0.750. The number of aliphatic carboxylic acids is 1. The minimum atomic E-state index is -1.91. The van der Waals surface area contributed by atoms with E-state index in [0.29, 0.717) is 4.90 Å². The summed E-state index contributed by atoms with van der Waals surface area (Å²) < 4.78 is 18.4. The first-order valence-electron chi connectivity index (χ1n) is 4.30. The van der Waals surface area contributed by atoms with Crippen molar-refractivity contribution in [1.82, 2.24) is 4.90 Å². The van der Waals surface area contributed by atoms with Crippen molar-refractivity contribution in [3.63, 3.8) is 0 Å². The van der Waals surface area contributed by atoms with Crippen LogP contribution in [0.3, 0.4) is 0 Å². The molecule has 1 heterocycles. The number of rotatable bonds is 3. The molecule has 0 spiro atoms. The van der Waals surface area contributed by atoms with Crippen molar-refractivity contribution in [3.8, 4) is 0 Å². The number of likely N-dealkylation sites (tertiary alicyclic amines) is 1. The van der Waals surface area contributed by atoms with Crippen molar-refractivity contribution < 1.29 is 28.9 Å². The topological polar surface area (TPSA) is 87.1 Å². The third kappa shape index (κ3) is 2.35. The summed E-state index contributed by atoms with van der Waals surface area (Å²) in [7, 11) is 1.28. The molecule has 2 atom stereocenters. The highest BCUT2D eigenvalue weighted by atomic mass is 19.1. The third-order valence-corrected chi connectivity index (χ3v) is 2.32. The van der Waals surface area contributed by atoms with Crippen LogP contribution in [0.1, 0.15) is 6.42 Å². The fourth-order valence-electron chi connectivity index (χ4n) is 1.72. The SMILES string of the molecule is COC[C@@]1(F)C[C@@H](C(=O)O)N(C(=O)O)C1. The maximum absolute atomic E-state index is 13.8. The van der Waals surface area contributed by atoms with E-state index in [-0.39, 0.29) is 13.0 Å². The van der Waals surface area contributed by atoms with Gasteiger partial charge in [-0.05, 0) is 0 Å². The van der Waals surface area contributed by atoms with Gasteiger partial charge in [-0.15, -0.1) is 0 Å². The summed E-state index contributed by atoms with van der Waals surface area (Å²) in [5.74, 6) is -1.34. The van der Waals surface area contributed by atoms with Gasteiger partial charge in [0.05, 0.1) is 13.2 Å². The Morgan fingerprint density at radius 2 is 2.20 bits per heavy atom. The zero-order valence-electron chi connectivity index (χ0n) is 8.14. The number of hydrogen-bond donors (Lipinski definition) is 2. The van der Waals surface area contributed by atoms with E-state index >= 15 is 0 Å². The maximum Gasteiger partial charge on any atom is 0.408 e. The van der Waals surface area contributed by atoms with E-state index in [4.69, 9.17) is 10.2 Å². The molecular weight excluding hydrogens is 209 g/mol. The van der Waals surface area contributed by atoms with Gasteiger partial charge in [0.1, 0.15) is 6.04 Å². The number of carboxylic acid groups (broad SMARTS) is 2. The molecule has 0 aliphatic carbocycles. The summed E-state index contributed by atoms with van der Waals surface area (Å²) in [6, 6.07) is -1.33. The standard InChI is InChI=1S/C8H12FNO5/c1-15-4-8(9)2-5(6(11)12)10(3-8)7(13)14/h5H,2-4H2,1H3,(H,11,12)(H,13,14)/t5-,8+/m0/s1. The number of halogens is 1. The van der Waals surface area contributed by atoms with Crippen LogP contribution in [0.15, 0.2) is 0 Å². The van der Waals surface area contributed by atoms with Crippen molar-refractivity contribution >= 4 is 12.1 Å². The number of amides is 1. The zero-order valence-corrected chi connectivity index (χ0v) is 8.14. The van der Waals surface area contributed by atoms with Crippen LogP contribution < -0.4 is 0 Å². The first kappa shape index (κ1) is 11.7. The van der Waals surface area contributed by atoms with Crippen LogP contribution in [0.4, 0.5) is 9.18 Å². The number of hydrogen-bond acceptors (Lipinski definition) is 3. The molecule has 0 aromatic heterocycles. The Hall–Kier alpha value is -1.37. The molecule has 1 aliphatic heterocycles. The molecule has 0 aromatic carbocycles. The van der Waals surface area contributed by atoms with E-state index in [1.807, 2.05) is 0 Å². The zero-order chi connectivity index (χ0) is 11.6. The second-order valence-electron chi connectivity index (χ2n) is 3.55. The van der Waals surface area contributed by atoms with Crippen LogP contribution in [0.5, 0.6) is 0 Å². The Bertz CT molecular complexity index is 260. The number of alkyl halides is 1. The molecule has 1 amide bonds. The molecule has 6 nitrogen and oxygen atoms in total. The molecule has 1 saturated heterocycles. The third-order valence-electron chi connectivity index (χ3n) is 2.32. The molecule has 0 radical (unpaired) electrons. The Morgan fingerprint density at radius 3 is 2.53 bits per heavy atom. The Kier molecular flexibility index (Phi) is 3.13. The first-order chi connectivity index (χ1) is 6.89. The molecule has 15 heavy (non-hydrogen) atoms. The lowest BCUT2D eigenvalue weighted by Crippen LogP contribution is -2.40. The molecule has 0 aromatic rings.